The summed E-state index contributed by atoms with van der Waals surface area (Å²) in [6.45, 7) is 6.85. The molecule has 1 unspecified atom stereocenters. The van der Waals surface area contributed by atoms with Crippen LogP contribution < -0.4 is 15.0 Å². The van der Waals surface area contributed by atoms with E-state index in [-0.39, 0.29) is 12.5 Å². The summed E-state index contributed by atoms with van der Waals surface area (Å²) in [5.41, 5.74) is 4.48. The van der Waals surface area contributed by atoms with Crippen LogP contribution in [-0.4, -0.2) is 61.3 Å². The molecule has 2 N–H and O–H groups in total. The molecule has 2 aliphatic heterocycles. The van der Waals surface area contributed by atoms with Gasteiger partial charge in [0.05, 0.1) is 6.42 Å². The smallest absolute Gasteiger partial charge is 0.228 e. The summed E-state index contributed by atoms with van der Waals surface area (Å²) in [5.74, 6) is 0.707. The lowest BCUT2D eigenvalue weighted by Gasteiger charge is -2.37. The quantitative estimate of drug-likeness (QED) is 0.702. The molecule has 1 fully saturated rings. The largest absolute Gasteiger partial charge is 0.491 e. The SMILES string of the molecule is CCCc1ccc(N2CCN(CC(O)COc3ccc4c(c3)CC(=O)N4)CC2)cc1. The van der Waals surface area contributed by atoms with E-state index in [9.17, 15) is 9.90 Å². The third kappa shape index (κ3) is 5.12. The summed E-state index contributed by atoms with van der Waals surface area (Å²) in [7, 11) is 0. The van der Waals surface area contributed by atoms with Gasteiger partial charge in [0.25, 0.3) is 0 Å². The second kappa shape index (κ2) is 9.49. The fourth-order valence-electron chi connectivity index (χ4n) is 4.19. The van der Waals surface area contributed by atoms with Gasteiger partial charge in [0.15, 0.2) is 0 Å². The first-order valence-corrected chi connectivity index (χ1v) is 10.9. The van der Waals surface area contributed by atoms with Crippen LogP contribution in [0.2, 0.25) is 0 Å². The number of ether oxygens (including phenoxy) is 1. The average molecular weight is 410 g/mol. The van der Waals surface area contributed by atoms with Crippen molar-refractivity contribution in [2.45, 2.75) is 32.3 Å². The first kappa shape index (κ1) is 20.7. The molecule has 1 atom stereocenters. The van der Waals surface area contributed by atoms with Crippen molar-refractivity contribution in [3.05, 3.63) is 53.6 Å². The second-order valence-corrected chi connectivity index (χ2v) is 8.21. The zero-order valence-electron chi connectivity index (χ0n) is 17.6. The molecule has 2 heterocycles. The van der Waals surface area contributed by atoms with Gasteiger partial charge in [-0.15, -0.1) is 0 Å². The Morgan fingerprint density at radius 2 is 1.87 bits per heavy atom. The van der Waals surface area contributed by atoms with Crippen molar-refractivity contribution < 1.29 is 14.6 Å². The van der Waals surface area contributed by atoms with Gasteiger partial charge in [-0.05, 0) is 47.9 Å². The lowest BCUT2D eigenvalue weighted by molar-refractivity contribution is -0.115. The number of hydrogen-bond acceptors (Lipinski definition) is 5. The molecule has 2 aliphatic rings. The third-order valence-corrected chi connectivity index (χ3v) is 5.83. The summed E-state index contributed by atoms with van der Waals surface area (Å²) in [5, 5.41) is 13.2. The zero-order chi connectivity index (χ0) is 20.9. The van der Waals surface area contributed by atoms with E-state index in [1.54, 1.807) is 0 Å². The Balaban J connectivity index is 1.20. The van der Waals surface area contributed by atoms with Gasteiger partial charge >= 0.3 is 0 Å². The molecule has 2 aromatic carbocycles. The Morgan fingerprint density at radius 1 is 1.10 bits per heavy atom. The number of fused-ring (bicyclic) bond motifs is 1. The highest BCUT2D eigenvalue weighted by Crippen LogP contribution is 2.27. The fourth-order valence-corrected chi connectivity index (χ4v) is 4.19. The van der Waals surface area contributed by atoms with E-state index in [0.29, 0.717) is 18.7 Å². The van der Waals surface area contributed by atoms with Gasteiger partial charge in [0.2, 0.25) is 5.91 Å². The van der Waals surface area contributed by atoms with Gasteiger partial charge in [-0.25, -0.2) is 0 Å². The van der Waals surface area contributed by atoms with Gasteiger partial charge < -0.3 is 20.1 Å². The molecule has 0 spiro atoms. The van der Waals surface area contributed by atoms with Crippen molar-refractivity contribution in [1.82, 2.24) is 4.90 Å². The molecule has 4 rings (SSSR count). The summed E-state index contributed by atoms with van der Waals surface area (Å²) >= 11 is 0. The van der Waals surface area contributed by atoms with Crippen LogP contribution in [0, 0.1) is 0 Å². The number of nitrogens with zero attached hydrogens (tertiary/aromatic N) is 2. The standard InChI is InChI=1S/C24H31N3O3/c1-2-3-18-4-6-20(7-5-18)27-12-10-26(11-13-27)16-21(28)17-30-22-8-9-23-19(14-22)15-24(29)25-23/h4-9,14,21,28H,2-3,10-13,15-17H2,1H3,(H,25,29). The summed E-state index contributed by atoms with van der Waals surface area (Å²) in [6, 6.07) is 14.5. The molecule has 0 radical (unpaired) electrons. The van der Waals surface area contributed by atoms with Crippen LogP contribution in [0.3, 0.4) is 0 Å². The Hall–Kier alpha value is -2.57. The number of benzene rings is 2. The summed E-state index contributed by atoms with van der Waals surface area (Å²) < 4.78 is 5.77. The maximum Gasteiger partial charge on any atom is 0.228 e. The molecule has 6 heteroatoms. The second-order valence-electron chi connectivity index (χ2n) is 8.21. The van der Waals surface area contributed by atoms with Gasteiger partial charge in [-0.3, -0.25) is 9.69 Å². The molecule has 160 valence electrons. The molecule has 2 aromatic rings. The number of β-amino-alcohol motifs (C(OH)–C–C–N with tert-alkyl or cyclic N) is 1. The van der Waals surface area contributed by atoms with Crippen molar-refractivity contribution in [3.8, 4) is 5.75 Å². The Labute approximate surface area is 178 Å². The Morgan fingerprint density at radius 3 is 2.60 bits per heavy atom. The highest BCUT2D eigenvalue weighted by Gasteiger charge is 2.21. The van der Waals surface area contributed by atoms with Crippen LogP contribution in [0.5, 0.6) is 5.75 Å². The summed E-state index contributed by atoms with van der Waals surface area (Å²) in [4.78, 5) is 16.2. The number of piperazine rings is 1. The van der Waals surface area contributed by atoms with E-state index in [1.807, 2.05) is 18.2 Å². The Bertz CT molecular complexity index is 860. The molecular weight excluding hydrogens is 378 g/mol. The number of carbonyl (C=O) groups is 1. The predicted octanol–water partition coefficient (Wildman–Crippen LogP) is 2.70. The number of aliphatic hydroxyl groups is 1. The zero-order valence-corrected chi connectivity index (χ0v) is 17.6. The molecule has 30 heavy (non-hydrogen) atoms. The average Bonchev–Trinajstić information content (AvgIpc) is 3.13. The van der Waals surface area contributed by atoms with Gasteiger partial charge in [-0.2, -0.15) is 0 Å². The van der Waals surface area contributed by atoms with Crippen LogP contribution >= 0.6 is 0 Å². The molecule has 0 aromatic heterocycles. The number of amides is 1. The normalized spacial score (nSPS) is 17.5. The van der Waals surface area contributed by atoms with Crippen LogP contribution in [0.4, 0.5) is 11.4 Å². The van der Waals surface area contributed by atoms with Gasteiger partial charge in [-0.1, -0.05) is 25.5 Å². The fraction of sp³-hybridized carbons (Fsp3) is 0.458. The van der Waals surface area contributed by atoms with Gasteiger partial charge in [0.1, 0.15) is 18.5 Å². The van der Waals surface area contributed by atoms with E-state index in [4.69, 9.17) is 4.74 Å². The van der Waals surface area contributed by atoms with Crippen molar-refractivity contribution >= 4 is 17.3 Å². The maximum atomic E-state index is 11.5. The van der Waals surface area contributed by atoms with Crippen LogP contribution in [-0.2, 0) is 17.6 Å². The topological polar surface area (TPSA) is 65.0 Å². The number of aryl methyl sites for hydroxylation is 1. The highest BCUT2D eigenvalue weighted by molar-refractivity contribution is 5.99. The highest BCUT2D eigenvalue weighted by atomic mass is 16.5. The first-order chi connectivity index (χ1) is 14.6. The van der Waals surface area contributed by atoms with Crippen LogP contribution in [0.25, 0.3) is 0 Å². The maximum absolute atomic E-state index is 11.5. The van der Waals surface area contributed by atoms with Crippen molar-refractivity contribution in [2.75, 3.05) is 49.5 Å². The molecule has 1 amide bonds. The van der Waals surface area contributed by atoms with Crippen molar-refractivity contribution in [2.24, 2.45) is 0 Å². The number of hydrogen-bond donors (Lipinski definition) is 2. The molecule has 0 saturated carbocycles. The summed E-state index contributed by atoms with van der Waals surface area (Å²) in [6.07, 6.45) is 2.15. The van der Waals surface area contributed by atoms with Crippen LogP contribution in [0.1, 0.15) is 24.5 Å². The minimum Gasteiger partial charge on any atom is -0.491 e. The lowest BCUT2D eigenvalue weighted by atomic mass is 10.1. The molecule has 0 aliphatic carbocycles. The monoisotopic (exact) mass is 409 g/mol. The Kier molecular flexibility index (Phi) is 6.55. The number of nitrogens with one attached hydrogen (secondary N) is 1. The predicted molar refractivity (Wildman–Crippen MR) is 119 cm³/mol. The van der Waals surface area contributed by atoms with Crippen molar-refractivity contribution in [3.63, 3.8) is 0 Å². The van der Waals surface area contributed by atoms with Gasteiger partial charge in [0, 0.05) is 44.1 Å². The van der Waals surface area contributed by atoms with Crippen molar-refractivity contribution in [1.29, 1.82) is 0 Å². The number of aliphatic hydroxyl groups excluding tert-OH is 1. The minimum atomic E-state index is -0.544. The molecule has 6 nitrogen and oxygen atoms in total. The molecule has 0 bridgehead atoms. The first-order valence-electron chi connectivity index (χ1n) is 10.9. The van der Waals surface area contributed by atoms with E-state index >= 15 is 0 Å². The third-order valence-electron chi connectivity index (χ3n) is 5.83. The van der Waals surface area contributed by atoms with E-state index in [1.165, 1.54) is 17.7 Å². The lowest BCUT2D eigenvalue weighted by Crippen LogP contribution is -2.49. The molecular formula is C24H31N3O3. The minimum absolute atomic E-state index is 0.0122. The van der Waals surface area contributed by atoms with E-state index in [2.05, 4.69) is 46.3 Å². The number of anilines is 2. The van der Waals surface area contributed by atoms with Crippen LogP contribution in [0.15, 0.2) is 42.5 Å². The number of carbonyl (C=O) groups excluding carboxylic acids is 1. The van der Waals surface area contributed by atoms with E-state index in [0.717, 1.165) is 43.9 Å². The number of rotatable bonds is 8. The van der Waals surface area contributed by atoms with E-state index < -0.39 is 6.10 Å². The molecule has 1 saturated heterocycles.